The zero-order chi connectivity index (χ0) is 14.9. The molecule has 3 aromatic heterocycles. The van der Waals surface area contributed by atoms with Gasteiger partial charge in [0.2, 0.25) is 0 Å². The standard InChI is InChI=1S/C16H17N5O/c22-16(13-11-15-3-1-2-7-20(15)12-13)19-8-4-14(5-9-19)21-10-6-17-18-21/h1-3,6-7,10-12,14H,4-5,8-9H2. The maximum atomic E-state index is 12.6. The van der Waals surface area contributed by atoms with E-state index >= 15 is 0 Å². The van der Waals surface area contributed by atoms with Gasteiger partial charge in [0.15, 0.2) is 0 Å². The number of hydrogen-bond donors (Lipinski definition) is 0. The predicted octanol–water partition coefficient (Wildman–Crippen LogP) is 2.01. The number of carbonyl (C=O) groups excluding carboxylic acids is 1. The van der Waals surface area contributed by atoms with Crippen molar-refractivity contribution in [2.45, 2.75) is 18.9 Å². The highest BCUT2D eigenvalue weighted by Gasteiger charge is 2.25. The summed E-state index contributed by atoms with van der Waals surface area (Å²) in [6, 6.07) is 8.25. The van der Waals surface area contributed by atoms with Crippen LogP contribution < -0.4 is 0 Å². The number of carbonyl (C=O) groups is 1. The lowest BCUT2D eigenvalue weighted by molar-refractivity contribution is 0.0689. The van der Waals surface area contributed by atoms with Gasteiger partial charge in [-0.2, -0.15) is 0 Å². The highest BCUT2D eigenvalue weighted by molar-refractivity contribution is 5.95. The first kappa shape index (κ1) is 13.1. The molecule has 1 aliphatic rings. The van der Waals surface area contributed by atoms with E-state index < -0.39 is 0 Å². The Balaban J connectivity index is 1.47. The van der Waals surface area contributed by atoms with Crippen LogP contribution in [0.2, 0.25) is 0 Å². The van der Waals surface area contributed by atoms with Crippen molar-refractivity contribution in [1.29, 1.82) is 0 Å². The van der Waals surface area contributed by atoms with E-state index in [0.29, 0.717) is 6.04 Å². The Bertz CT molecular complexity index is 751. The molecule has 0 aliphatic carbocycles. The fraction of sp³-hybridized carbons (Fsp3) is 0.312. The van der Waals surface area contributed by atoms with Gasteiger partial charge in [-0.3, -0.25) is 4.79 Å². The van der Waals surface area contributed by atoms with E-state index in [2.05, 4.69) is 10.3 Å². The van der Waals surface area contributed by atoms with Crippen molar-refractivity contribution in [3.05, 3.63) is 54.6 Å². The molecule has 1 amide bonds. The summed E-state index contributed by atoms with van der Waals surface area (Å²) in [6.07, 6.45) is 9.29. The zero-order valence-electron chi connectivity index (χ0n) is 12.2. The predicted molar refractivity (Wildman–Crippen MR) is 81.6 cm³/mol. The molecule has 4 heterocycles. The lowest BCUT2D eigenvalue weighted by Gasteiger charge is -2.31. The summed E-state index contributed by atoms with van der Waals surface area (Å²) in [5.41, 5.74) is 1.80. The Hall–Kier alpha value is -2.63. The molecule has 1 saturated heterocycles. The highest BCUT2D eigenvalue weighted by atomic mass is 16.2. The Kier molecular flexibility index (Phi) is 3.14. The van der Waals surface area contributed by atoms with Crippen molar-refractivity contribution in [3.63, 3.8) is 0 Å². The Morgan fingerprint density at radius 3 is 2.77 bits per heavy atom. The number of hydrogen-bond acceptors (Lipinski definition) is 3. The number of nitrogens with zero attached hydrogens (tertiary/aromatic N) is 5. The number of pyridine rings is 1. The highest BCUT2D eigenvalue weighted by Crippen LogP contribution is 2.23. The normalized spacial score (nSPS) is 16.3. The third-order valence-corrected chi connectivity index (χ3v) is 4.32. The molecular weight excluding hydrogens is 278 g/mol. The molecule has 0 spiro atoms. The number of fused-ring (bicyclic) bond motifs is 1. The molecule has 4 rings (SSSR count). The summed E-state index contributed by atoms with van der Waals surface area (Å²) in [5, 5.41) is 7.91. The third-order valence-electron chi connectivity index (χ3n) is 4.32. The first-order valence-electron chi connectivity index (χ1n) is 7.53. The molecular formula is C16H17N5O. The van der Waals surface area contributed by atoms with Crippen molar-refractivity contribution < 1.29 is 4.79 Å². The maximum absolute atomic E-state index is 12.6. The Morgan fingerprint density at radius 2 is 2.05 bits per heavy atom. The number of amides is 1. The number of rotatable bonds is 2. The number of aromatic nitrogens is 4. The first-order chi connectivity index (χ1) is 10.8. The topological polar surface area (TPSA) is 55.4 Å². The van der Waals surface area contributed by atoms with Crippen LogP contribution in [0, 0.1) is 0 Å². The van der Waals surface area contributed by atoms with E-state index in [-0.39, 0.29) is 5.91 Å². The summed E-state index contributed by atoms with van der Waals surface area (Å²) in [6.45, 7) is 1.52. The van der Waals surface area contributed by atoms with Crippen LogP contribution in [-0.4, -0.2) is 43.3 Å². The molecule has 3 aromatic rings. The minimum atomic E-state index is 0.112. The second kappa shape index (κ2) is 5.29. The molecule has 112 valence electrons. The van der Waals surface area contributed by atoms with Gasteiger partial charge in [-0.15, -0.1) is 5.10 Å². The van der Waals surface area contributed by atoms with E-state index in [1.807, 2.05) is 56.8 Å². The SMILES string of the molecule is O=C(c1cc2ccccn2c1)N1CCC(n2ccnn2)CC1. The summed E-state index contributed by atoms with van der Waals surface area (Å²) >= 11 is 0. The lowest BCUT2D eigenvalue weighted by atomic mass is 10.0. The first-order valence-corrected chi connectivity index (χ1v) is 7.53. The Labute approximate surface area is 128 Å². The maximum Gasteiger partial charge on any atom is 0.255 e. The van der Waals surface area contributed by atoms with Gasteiger partial charge in [-0.1, -0.05) is 11.3 Å². The van der Waals surface area contributed by atoms with Crippen molar-refractivity contribution in [2.24, 2.45) is 0 Å². The smallest absolute Gasteiger partial charge is 0.255 e. The summed E-state index contributed by atoms with van der Waals surface area (Å²) in [5.74, 6) is 0.112. The average Bonchev–Trinajstić information content (AvgIpc) is 3.23. The van der Waals surface area contributed by atoms with Gasteiger partial charge in [-0.05, 0) is 31.0 Å². The molecule has 0 radical (unpaired) electrons. The van der Waals surface area contributed by atoms with Crippen molar-refractivity contribution in [3.8, 4) is 0 Å². The van der Waals surface area contributed by atoms with Gasteiger partial charge in [0.05, 0.1) is 17.8 Å². The van der Waals surface area contributed by atoms with Gasteiger partial charge < -0.3 is 9.30 Å². The molecule has 6 heteroatoms. The van der Waals surface area contributed by atoms with Gasteiger partial charge in [0.1, 0.15) is 0 Å². The van der Waals surface area contributed by atoms with E-state index in [0.717, 1.165) is 37.0 Å². The molecule has 1 fully saturated rings. The molecule has 22 heavy (non-hydrogen) atoms. The fourth-order valence-corrected chi connectivity index (χ4v) is 3.10. The fourth-order valence-electron chi connectivity index (χ4n) is 3.10. The second-order valence-corrected chi connectivity index (χ2v) is 5.67. The summed E-state index contributed by atoms with van der Waals surface area (Å²) < 4.78 is 3.88. The van der Waals surface area contributed by atoms with Crippen molar-refractivity contribution in [2.75, 3.05) is 13.1 Å². The second-order valence-electron chi connectivity index (χ2n) is 5.67. The molecule has 0 bridgehead atoms. The summed E-state index contributed by atoms with van der Waals surface area (Å²) in [4.78, 5) is 14.6. The van der Waals surface area contributed by atoms with Crippen LogP contribution >= 0.6 is 0 Å². The zero-order valence-corrected chi connectivity index (χ0v) is 12.2. The van der Waals surface area contributed by atoms with Crippen LogP contribution in [0.1, 0.15) is 29.2 Å². The van der Waals surface area contributed by atoms with E-state index in [4.69, 9.17) is 0 Å². The van der Waals surface area contributed by atoms with Crippen LogP contribution in [-0.2, 0) is 0 Å². The minimum absolute atomic E-state index is 0.112. The molecule has 0 aromatic carbocycles. The van der Waals surface area contributed by atoms with Crippen molar-refractivity contribution >= 4 is 11.4 Å². The monoisotopic (exact) mass is 295 g/mol. The molecule has 0 atom stereocenters. The van der Waals surface area contributed by atoms with Crippen LogP contribution in [0.5, 0.6) is 0 Å². The Morgan fingerprint density at radius 1 is 1.18 bits per heavy atom. The minimum Gasteiger partial charge on any atom is -0.338 e. The molecule has 0 unspecified atom stereocenters. The number of piperidine rings is 1. The molecule has 0 N–H and O–H groups in total. The average molecular weight is 295 g/mol. The van der Waals surface area contributed by atoms with Gasteiger partial charge >= 0.3 is 0 Å². The molecule has 0 saturated carbocycles. The third kappa shape index (κ3) is 2.26. The van der Waals surface area contributed by atoms with Gasteiger partial charge in [0, 0.05) is 37.2 Å². The van der Waals surface area contributed by atoms with E-state index in [9.17, 15) is 4.79 Å². The molecule has 6 nitrogen and oxygen atoms in total. The number of likely N-dealkylation sites (tertiary alicyclic amines) is 1. The van der Waals surface area contributed by atoms with Crippen LogP contribution in [0.15, 0.2) is 49.1 Å². The van der Waals surface area contributed by atoms with Gasteiger partial charge in [0.25, 0.3) is 5.91 Å². The van der Waals surface area contributed by atoms with Crippen LogP contribution in [0.4, 0.5) is 0 Å². The molecule has 1 aliphatic heterocycles. The largest absolute Gasteiger partial charge is 0.338 e. The van der Waals surface area contributed by atoms with Crippen molar-refractivity contribution in [1.82, 2.24) is 24.3 Å². The van der Waals surface area contributed by atoms with E-state index in [1.165, 1.54) is 0 Å². The summed E-state index contributed by atoms with van der Waals surface area (Å²) in [7, 11) is 0. The lowest BCUT2D eigenvalue weighted by Crippen LogP contribution is -2.39. The quantitative estimate of drug-likeness (QED) is 0.726. The van der Waals surface area contributed by atoms with Gasteiger partial charge in [-0.25, -0.2) is 4.68 Å². The van der Waals surface area contributed by atoms with Crippen LogP contribution in [0.3, 0.4) is 0 Å². The van der Waals surface area contributed by atoms with E-state index in [1.54, 1.807) is 6.20 Å². The van der Waals surface area contributed by atoms with Crippen LogP contribution in [0.25, 0.3) is 5.52 Å².